The Labute approximate surface area is 295 Å². The molecule has 1 unspecified atom stereocenters. The number of para-hydroxylation sites is 1. The van der Waals surface area contributed by atoms with E-state index in [1.165, 1.54) is 0 Å². The van der Waals surface area contributed by atoms with Crippen LogP contribution in [0.4, 0.5) is 11.4 Å². The fraction of sp³-hybridized carbons (Fsp3) is 0.0465. The van der Waals surface area contributed by atoms with Crippen molar-refractivity contribution in [1.82, 2.24) is 29.9 Å². The van der Waals surface area contributed by atoms with Gasteiger partial charge in [-0.1, -0.05) is 91.0 Å². The van der Waals surface area contributed by atoms with Gasteiger partial charge in [0.05, 0.1) is 5.69 Å². The lowest BCUT2D eigenvalue weighted by Gasteiger charge is -2.22. The Morgan fingerprint density at radius 1 is 0.569 bits per heavy atom. The van der Waals surface area contributed by atoms with Gasteiger partial charge in [0, 0.05) is 70.0 Å². The normalized spacial score (nSPS) is 13.7. The van der Waals surface area contributed by atoms with Crippen LogP contribution in [0.1, 0.15) is 17.5 Å². The summed E-state index contributed by atoms with van der Waals surface area (Å²) in [7, 11) is 0. The molecule has 0 spiro atoms. The SMILES string of the molecule is N=C(c1ccccc1Nc1ccncc1)C1C=CC=C(c2cccc(-c3cccc(-c4nc(-c5ccccc5)nc(-c5ccncc5)n4)n3)c2)C1. The van der Waals surface area contributed by atoms with Gasteiger partial charge in [0.15, 0.2) is 17.5 Å². The summed E-state index contributed by atoms with van der Waals surface area (Å²) >= 11 is 0. The van der Waals surface area contributed by atoms with Crippen LogP contribution >= 0.6 is 0 Å². The molecule has 0 saturated heterocycles. The lowest BCUT2D eigenvalue weighted by Crippen LogP contribution is -2.16. The van der Waals surface area contributed by atoms with Crippen LogP contribution in [0.3, 0.4) is 0 Å². The zero-order valence-electron chi connectivity index (χ0n) is 27.6. The van der Waals surface area contributed by atoms with Crippen LogP contribution < -0.4 is 5.32 Å². The molecule has 1 aliphatic rings. The van der Waals surface area contributed by atoms with E-state index in [9.17, 15) is 5.41 Å². The highest BCUT2D eigenvalue weighted by Crippen LogP contribution is 2.34. The summed E-state index contributed by atoms with van der Waals surface area (Å²) in [6.45, 7) is 0. The minimum Gasteiger partial charge on any atom is -0.355 e. The number of allylic oxidation sites excluding steroid dienone is 4. The Kier molecular flexibility index (Phi) is 8.77. The van der Waals surface area contributed by atoms with Crippen LogP contribution in [0.25, 0.3) is 51.1 Å². The van der Waals surface area contributed by atoms with E-state index < -0.39 is 0 Å². The molecule has 244 valence electrons. The third-order valence-electron chi connectivity index (χ3n) is 8.74. The summed E-state index contributed by atoms with van der Waals surface area (Å²) in [5, 5.41) is 12.7. The van der Waals surface area contributed by atoms with Gasteiger partial charge in [0.2, 0.25) is 0 Å². The Morgan fingerprint density at radius 3 is 2.00 bits per heavy atom. The summed E-state index contributed by atoms with van der Waals surface area (Å²) in [6, 6.07) is 39.9. The Morgan fingerprint density at radius 2 is 1.20 bits per heavy atom. The number of pyridine rings is 3. The number of benzene rings is 3. The van der Waals surface area contributed by atoms with Crippen molar-refractivity contribution in [1.29, 1.82) is 5.41 Å². The Hall–Kier alpha value is -6.93. The molecule has 51 heavy (non-hydrogen) atoms. The molecule has 3 aromatic carbocycles. The van der Waals surface area contributed by atoms with Gasteiger partial charge >= 0.3 is 0 Å². The van der Waals surface area contributed by atoms with E-state index in [1.54, 1.807) is 24.8 Å². The third kappa shape index (κ3) is 6.97. The molecule has 4 heterocycles. The van der Waals surface area contributed by atoms with Crippen LogP contribution in [0.2, 0.25) is 0 Å². The molecule has 1 aliphatic carbocycles. The first-order valence-corrected chi connectivity index (χ1v) is 16.7. The largest absolute Gasteiger partial charge is 0.355 e. The number of rotatable bonds is 9. The van der Waals surface area contributed by atoms with Crippen LogP contribution in [0.5, 0.6) is 0 Å². The minimum atomic E-state index is -0.0762. The molecule has 2 N–H and O–H groups in total. The maximum absolute atomic E-state index is 9.25. The van der Waals surface area contributed by atoms with Crippen molar-refractivity contribution in [2.45, 2.75) is 6.42 Å². The quantitative estimate of drug-likeness (QED) is 0.148. The predicted molar refractivity (Wildman–Crippen MR) is 203 cm³/mol. The molecule has 0 radical (unpaired) electrons. The van der Waals surface area contributed by atoms with Gasteiger partial charge in [-0.25, -0.2) is 19.9 Å². The van der Waals surface area contributed by atoms with E-state index in [0.29, 0.717) is 35.3 Å². The molecule has 0 saturated carbocycles. The van der Waals surface area contributed by atoms with E-state index in [-0.39, 0.29) is 5.92 Å². The second-order valence-electron chi connectivity index (χ2n) is 12.1. The number of hydrogen-bond donors (Lipinski definition) is 2. The highest BCUT2D eigenvalue weighted by Gasteiger charge is 2.21. The summed E-state index contributed by atoms with van der Waals surface area (Å²) < 4.78 is 0. The molecular weight excluding hydrogens is 629 g/mol. The topological polar surface area (TPSA) is 113 Å². The van der Waals surface area contributed by atoms with Crippen LogP contribution in [0.15, 0.2) is 164 Å². The standard InChI is InChI=1S/C43H32N8/c44-40(36-15-4-5-16-38(36)47-35-21-25-46-26-22-35)34-14-7-12-32(28-34)31-11-6-13-33(27-31)37-17-8-18-39(48-37)43-50-41(29-9-2-1-3-10-29)49-42(51-43)30-19-23-45-24-20-30/h1-27,34,44H,28H2,(H,46,47). The molecule has 0 fully saturated rings. The molecule has 8 rings (SSSR count). The monoisotopic (exact) mass is 660 g/mol. The van der Waals surface area contributed by atoms with Crippen molar-refractivity contribution in [2.24, 2.45) is 5.92 Å². The van der Waals surface area contributed by atoms with E-state index in [2.05, 4.69) is 57.8 Å². The van der Waals surface area contributed by atoms with Crippen molar-refractivity contribution in [3.05, 3.63) is 175 Å². The second-order valence-corrected chi connectivity index (χ2v) is 12.1. The molecule has 0 aliphatic heterocycles. The summed E-state index contributed by atoms with van der Waals surface area (Å²) in [5.74, 6) is 1.56. The minimum absolute atomic E-state index is 0.0762. The molecule has 8 heteroatoms. The maximum atomic E-state index is 9.25. The fourth-order valence-corrected chi connectivity index (χ4v) is 6.14. The smallest absolute Gasteiger partial charge is 0.182 e. The maximum Gasteiger partial charge on any atom is 0.182 e. The molecule has 0 amide bonds. The lowest BCUT2D eigenvalue weighted by molar-refractivity contribution is 0.877. The zero-order valence-corrected chi connectivity index (χ0v) is 27.6. The van der Waals surface area contributed by atoms with Crippen molar-refractivity contribution in [3.63, 3.8) is 0 Å². The van der Waals surface area contributed by atoms with Crippen LogP contribution in [-0.4, -0.2) is 35.6 Å². The Bertz CT molecular complexity index is 2330. The first kappa shape index (κ1) is 31.3. The molecule has 7 aromatic rings. The van der Waals surface area contributed by atoms with Gasteiger partial charge in [-0.15, -0.1) is 0 Å². The van der Waals surface area contributed by atoms with E-state index in [1.807, 2.05) is 97.1 Å². The van der Waals surface area contributed by atoms with Gasteiger partial charge in [0.1, 0.15) is 5.69 Å². The number of aromatic nitrogens is 6. The molecule has 4 aromatic heterocycles. The summed E-state index contributed by atoms with van der Waals surface area (Å²) in [5.41, 5.74) is 9.73. The first-order chi connectivity index (χ1) is 25.2. The highest BCUT2D eigenvalue weighted by molar-refractivity contribution is 6.06. The fourth-order valence-electron chi connectivity index (χ4n) is 6.14. The van der Waals surface area contributed by atoms with Gasteiger partial charge in [-0.2, -0.15) is 0 Å². The average Bonchev–Trinajstić information content (AvgIpc) is 3.22. The van der Waals surface area contributed by atoms with Crippen molar-refractivity contribution in [3.8, 4) is 45.6 Å². The molecular formula is C43H32N8. The van der Waals surface area contributed by atoms with Crippen molar-refractivity contribution >= 4 is 22.7 Å². The number of nitrogens with zero attached hydrogens (tertiary/aromatic N) is 6. The first-order valence-electron chi connectivity index (χ1n) is 16.7. The average molecular weight is 661 g/mol. The second kappa shape index (κ2) is 14.3. The molecule has 0 bridgehead atoms. The third-order valence-corrected chi connectivity index (χ3v) is 8.74. The van der Waals surface area contributed by atoms with Crippen LogP contribution in [-0.2, 0) is 0 Å². The number of hydrogen-bond acceptors (Lipinski definition) is 8. The Balaban J connectivity index is 1.07. The van der Waals surface area contributed by atoms with Crippen LogP contribution in [0, 0.1) is 11.3 Å². The predicted octanol–water partition coefficient (Wildman–Crippen LogP) is 9.50. The number of anilines is 2. The summed E-state index contributed by atoms with van der Waals surface area (Å²) in [6.07, 6.45) is 14.0. The van der Waals surface area contributed by atoms with Crippen molar-refractivity contribution in [2.75, 3.05) is 5.32 Å². The van der Waals surface area contributed by atoms with E-state index in [4.69, 9.17) is 19.9 Å². The number of nitrogens with one attached hydrogen (secondary N) is 2. The molecule has 1 atom stereocenters. The zero-order chi connectivity index (χ0) is 34.4. The lowest BCUT2D eigenvalue weighted by atomic mass is 9.84. The van der Waals surface area contributed by atoms with Crippen molar-refractivity contribution < 1.29 is 0 Å². The molecule has 8 nitrogen and oxygen atoms in total. The highest BCUT2D eigenvalue weighted by atomic mass is 15.0. The van der Waals surface area contributed by atoms with Gasteiger partial charge in [0.25, 0.3) is 0 Å². The van der Waals surface area contributed by atoms with E-state index in [0.717, 1.165) is 50.5 Å². The van der Waals surface area contributed by atoms with Gasteiger partial charge in [-0.05, 0) is 66.1 Å². The van der Waals surface area contributed by atoms with Gasteiger partial charge in [-0.3, -0.25) is 9.97 Å². The van der Waals surface area contributed by atoms with E-state index >= 15 is 0 Å². The van der Waals surface area contributed by atoms with Gasteiger partial charge < -0.3 is 10.7 Å². The summed E-state index contributed by atoms with van der Waals surface area (Å²) in [4.78, 5) is 27.8.